The van der Waals surface area contributed by atoms with Crippen LogP contribution in [0.3, 0.4) is 0 Å². The molecule has 1 aromatic rings. The summed E-state index contributed by atoms with van der Waals surface area (Å²) in [5, 5.41) is 7.88. The van der Waals surface area contributed by atoms with E-state index in [4.69, 9.17) is 28.3 Å². The van der Waals surface area contributed by atoms with Gasteiger partial charge in [0.25, 0.3) is 5.91 Å². The maximum absolute atomic E-state index is 12.1. The molecule has 0 radical (unpaired) electrons. The first kappa shape index (κ1) is 15.6. The van der Waals surface area contributed by atoms with Crippen LogP contribution in [0.15, 0.2) is 17.0 Å². The second kappa shape index (κ2) is 5.89. The molecular weight excluding hydrogens is 323 g/mol. The Balaban J connectivity index is 2.33. The zero-order valence-electron chi connectivity index (χ0n) is 10.5. The fraction of sp³-hybridized carbons (Fsp3) is 0.417. The third-order valence-electron chi connectivity index (χ3n) is 3.26. The van der Waals surface area contributed by atoms with E-state index < -0.39 is 15.9 Å². The number of nitrogens with two attached hydrogens (primary N) is 1. The summed E-state index contributed by atoms with van der Waals surface area (Å²) in [6.07, 6.45) is 3.97. The van der Waals surface area contributed by atoms with Crippen molar-refractivity contribution < 1.29 is 13.2 Å². The van der Waals surface area contributed by atoms with Gasteiger partial charge in [-0.15, -0.1) is 0 Å². The van der Waals surface area contributed by atoms with Crippen LogP contribution in [0.2, 0.25) is 10.0 Å². The summed E-state index contributed by atoms with van der Waals surface area (Å²) in [6, 6.07) is 2.43. The van der Waals surface area contributed by atoms with Gasteiger partial charge in [-0.3, -0.25) is 4.79 Å². The summed E-state index contributed by atoms with van der Waals surface area (Å²) >= 11 is 11.7. The molecule has 0 heterocycles. The van der Waals surface area contributed by atoms with E-state index in [0.29, 0.717) is 0 Å². The van der Waals surface area contributed by atoms with Crippen LogP contribution in [-0.2, 0) is 10.0 Å². The van der Waals surface area contributed by atoms with E-state index in [0.717, 1.165) is 31.7 Å². The second-order valence-corrected chi connectivity index (χ2v) is 7.11. The van der Waals surface area contributed by atoms with Crippen LogP contribution in [0.4, 0.5) is 0 Å². The number of nitrogens with one attached hydrogen (secondary N) is 1. The molecule has 1 fully saturated rings. The zero-order valence-corrected chi connectivity index (χ0v) is 12.9. The van der Waals surface area contributed by atoms with Crippen LogP contribution in [0.5, 0.6) is 0 Å². The van der Waals surface area contributed by atoms with E-state index >= 15 is 0 Å². The summed E-state index contributed by atoms with van der Waals surface area (Å²) in [5.74, 6) is -0.413. The molecule has 1 aliphatic carbocycles. The summed E-state index contributed by atoms with van der Waals surface area (Å²) in [7, 11) is -4.00. The van der Waals surface area contributed by atoms with E-state index in [1.54, 1.807) is 0 Å². The standard InChI is InChI=1S/C12H14Cl2N2O3S/c13-9-6-10(14)11(20(15,18)19)5-8(9)12(17)16-7-3-1-2-4-7/h5-7H,1-4H2,(H,16,17)(H2,15,18,19). The Labute approximate surface area is 127 Å². The Morgan fingerprint density at radius 1 is 1.20 bits per heavy atom. The highest BCUT2D eigenvalue weighted by molar-refractivity contribution is 7.89. The number of carbonyl (C=O) groups excluding carboxylic acids is 1. The van der Waals surface area contributed by atoms with E-state index in [1.165, 1.54) is 6.07 Å². The number of hydrogen-bond donors (Lipinski definition) is 2. The lowest BCUT2D eigenvalue weighted by Gasteiger charge is -2.13. The molecule has 0 aliphatic heterocycles. The quantitative estimate of drug-likeness (QED) is 0.887. The Hall–Kier alpha value is -0.820. The molecule has 1 aliphatic rings. The highest BCUT2D eigenvalue weighted by atomic mass is 35.5. The lowest BCUT2D eigenvalue weighted by atomic mass is 10.2. The molecule has 1 aromatic carbocycles. The summed E-state index contributed by atoms with van der Waals surface area (Å²) < 4.78 is 22.8. The van der Waals surface area contributed by atoms with Gasteiger partial charge < -0.3 is 5.32 Å². The fourth-order valence-electron chi connectivity index (χ4n) is 2.25. The molecule has 0 spiro atoms. The Morgan fingerprint density at radius 3 is 2.35 bits per heavy atom. The van der Waals surface area contributed by atoms with E-state index in [-0.39, 0.29) is 26.5 Å². The van der Waals surface area contributed by atoms with Crippen LogP contribution in [0.1, 0.15) is 36.0 Å². The number of benzene rings is 1. The molecule has 1 saturated carbocycles. The van der Waals surface area contributed by atoms with Crippen LogP contribution >= 0.6 is 23.2 Å². The van der Waals surface area contributed by atoms with Crippen molar-refractivity contribution in [1.29, 1.82) is 0 Å². The summed E-state index contributed by atoms with van der Waals surface area (Å²) in [6.45, 7) is 0. The first-order valence-corrected chi connectivity index (χ1v) is 8.42. The van der Waals surface area contributed by atoms with E-state index in [1.807, 2.05) is 0 Å². The minimum absolute atomic E-state index is 0.0620. The molecular formula is C12H14Cl2N2O3S. The maximum atomic E-state index is 12.1. The monoisotopic (exact) mass is 336 g/mol. The summed E-state index contributed by atoms with van der Waals surface area (Å²) in [4.78, 5) is 11.8. The van der Waals surface area contributed by atoms with Gasteiger partial charge in [0.15, 0.2) is 0 Å². The van der Waals surface area contributed by atoms with Crippen molar-refractivity contribution in [2.45, 2.75) is 36.6 Å². The third kappa shape index (κ3) is 3.44. The Bertz CT molecular complexity index is 640. The average molecular weight is 337 g/mol. The number of rotatable bonds is 3. The maximum Gasteiger partial charge on any atom is 0.253 e. The van der Waals surface area contributed by atoms with Gasteiger partial charge in [-0.2, -0.15) is 0 Å². The molecule has 0 aromatic heterocycles. The molecule has 5 nitrogen and oxygen atoms in total. The normalized spacial score (nSPS) is 16.4. The van der Waals surface area contributed by atoms with Gasteiger partial charge in [0.1, 0.15) is 4.90 Å². The molecule has 1 amide bonds. The van der Waals surface area contributed by atoms with Gasteiger partial charge in [-0.25, -0.2) is 13.6 Å². The lowest BCUT2D eigenvalue weighted by molar-refractivity contribution is 0.0938. The van der Waals surface area contributed by atoms with Crippen molar-refractivity contribution in [1.82, 2.24) is 5.32 Å². The van der Waals surface area contributed by atoms with Crippen LogP contribution in [-0.4, -0.2) is 20.4 Å². The van der Waals surface area contributed by atoms with Gasteiger partial charge >= 0.3 is 0 Å². The minimum Gasteiger partial charge on any atom is -0.349 e. The van der Waals surface area contributed by atoms with Gasteiger partial charge in [-0.1, -0.05) is 36.0 Å². The number of halogens is 2. The predicted molar refractivity (Wildman–Crippen MR) is 77.6 cm³/mol. The highest BCUT2D eigenvalue weighted by Gasteiger charge is 2.22. The van der Waals surface area contributed by atoms with Crippen molar-refractivity contribution in [2.75, 3.05) is 0 Å². The first-order chi connectivity index (χ1) is 9.29. The molecule has 8 heteroatoms. The van der Waals surface area contributed by atoms with E-state index in [2.05, 4.69) is 5.32 Å². The highest BCUT2D eigenvalue weighted by Crippen LogP contribution is 2.28. The van der Waals surface area contributed by atoms with Crippen molar-refractivity contribution in [3.05, 3.63) is 27.7 Å². The number of carbonyl (C=O) groups is 1. The zero-order chi connectivity index (χ0) is 14.9. The number of amides is 1. The lowest BCUT2D eigenvalue weighted by Crippen LogP contribution is -2.33. The number of hydrogen-bond acceptors (Lipinski definition) is 3. The molecule has 3 N–H and O–H groups in total. The number of primary sulfonamides is 1. The molecule has 2 rings (SSSR count). The summed E-state index contributed by atoms with van der Waals surface area (Å²) in [5.41, 5.74) is 0.0620. The average Bonchev–Trinajstić information content (AvgIpc) is 2.79. The topological polar surface area (TPSA) is 89.3 Å². The Morgan fingerprint density at radius 2 is 1.80 bits per heavy atom. The van der Waals surface area contributed by atoms with Crippen LogP contribution in [0, 0.1) is 0 Å². The molecule has 0 unspecified atom stereocenters. The minimum atomic E-state index is -4.00. The van der Waals surface area contributed by atoms with Crippen molar-refractivity contribution in [3.63, 3.8) is 0 Å². The Kier molecular flexibility index (Phi) is 4.59. The van der Waals surface area contributed by atoms with Crippen LogP contribution < -0.4 is 10.5 Å². The van der Waals surface area contributed by atoms with Crippen molar-refractivity contribution in [2.24, 2.45) is 5.14 Å². The number of sulfonamides is 1. The smallest absolute Gasteiger partial charge is 0.253 e. The fourth-order valence-corrected chi connectivity index (χ4v) is 3.66. The van der Waals surface area contributed by atoms with Crippen molar-refractivity contribution in [3.8, 4) is 0 Å². The first-order valence-electron chi connectivity index (χ1n) is 6.12. The second-order valence-electron chi connectivity index (χ2n) is 4.76. The third-order valence-corrected chi connectivity index (χ3v) is 4.95. The molecule has 110 valence electrons. The SMILES string of the molecule is NS(=O)(=O)c1cc(C(=O)NC2CCCC2)c(Cl)cc1Cl. The molecule has 0 saturated heterocycles. The predicted octanol–water partition coefficient (Wildman–Crippen LogP) is 2.31. The molecule has 0 bridgehead atoms. The van der Waals surface area contributed by atoms with Gasteiger partial charge in [0.2, 0.25) is 10.0 Å². The van der Waals surface area contributed by atoms with E-state index in [9.17, 15) is 13.2 Å². The largest absolute Gasteiger partial charge is 0.349 e. The van der Waals surface area contributed by atoms with Gasteiger partial charge in [0, 0.05) is 6.04 Å². The molecule has 20 heavy (non-hydrogen) atoms. The van der Waals surface area contributed by atoms with Crippen molar-refractivity contribution >= 4 is 39.1 Å². The van der Waals surface area contributed by atoms with Crippen LogP contribution in [0.25, 0.3) is 0 Å². The van der Waals surface area contributed by atoms with Gasteiger partial charge in [0.05, 0.1) is 15.6 Å². The molecule has 0 atom stereocenters. The van der Waals surface area contributed by atoms with Gasteiger partial charge in [-0.05, 0) is 25.0 Å².